The van der Waals surface area contributed by atoms with Gasteiger partial charge in [-0.1, -0.05) is 0 Å². The Morgan fingerprint density at radius 1 is 1.05 bits per heavy atom. The van der Waals surface area contributed by atoms with Crippen molar-refractivity contribution in [3.8, 4) is 0 Å². The Bertz CT molecular complexity index is 380. The van der Waals surface area contributed by atoms with Crippen LogP contribution in [0.2, 0.25) is 0 Å². The Balaban J connectivity index is 2.70. The fourth-order valence-electron chi connectivity index (χ4n) is 1.85. The summed E-state index contributed by atoms with van der Waals surface area (Å²) in [6, 6.07) is 0. The largest absolute Gasteiger partial charge is 0.463 e. The summed E-state index contributed by atoms with van der Waals surface area (Å²) in [5, 5.41) is 9.72. The molecule has 0 aromatic rings. The van der Waals surface area contributed by atoms with Crippen molar-refractivity contribution >= 4 is 17.9 Å². The van der Waals surface area contributed by atoms with E-state index in [1.54, 1.807) is 0 Å². The maximum Gasteiger partial charge on any atom is 0.303 e. The van der Waals surface area contributed by atoms with Gasteiger partial charge in [-0.15, -0.1) is 0 Å². The highest BCUT2D eigenvalue weighted by Gasteiger charge is 2.41. The first-order valence-corrected chi connectivity index (χ1v) is 6.11. The molecule has 0 spiro atoms. The number of carbonyl (C=O) groups excluding carboxylic acids is 3. The van der Waals surface area contributed by atoms with Crippen LogP contribution in [0.1, 0.15) is 27.2 Å². The Kier molecular flexibility index (Phi) is 5.90. The zero-order chi connectivity index (χ0) is 15.3. The first-order chi connectivity index (χ1) is 9.29. The number of hydrogen-bond acceptors (Lipinski definition) is 8. The van der Waals surface area contributed by atoms with Crippen molar-refractivity contribution in [3.63, 3.8) is 0 Å². The molecule has 8 nitrogen and oxygen atoms in total. The van der Waals surface area contributed by atoms with Crippen molar-refractivity contribution in [2.24, 2.45) is 0 Å². The molecule has 1 heterocycles. The van der Waals surface area contributed by atoms with E-state index in [0.717, 1.165) is 0 Å². The zero-order valence-electron chi connectivity index (χ0n) is 11.5. The average Bonchev–Trinajstić information content (AvgIpc) is 2.29. The van der Waals surface area contributed by atoms with Crippen molar-refractivity contribution < 1.29 is 38.4 Å². The van der Waals surface area contributed by atoms with Crippen LogP contribution in [-0.2, 0) is 33.3 Å². The van der Waals surface area contributed by atoms with Gasteiger partial charge in [0.1, 0.15) is 18.8 Å². The predicted octanol–water partition coefficient (Wildman–Crippen LogP) is -0.480. The van der Waals surface area contributed by atoms with Gasteiger partial charge in [-0.2, -0.15) is 0 Å². The van der Waals surface area contributed by atoms with Gasteiger partial charge in [-0.3, -0.25) is 14.4 Å². The molecular weight excluding hydrogens is 272 g/mol. The number of carbonyl (C=O) groups is 3. The van der Waals surface area contributed by atoms with Crippen molar-refractivity contribution in [2.45, 2.75) is 51.8 Å². The van der Waals surface area contributed by atoms with Crippen LogP contribution in [0.5, 0.6) is 0 Å². The van der Waals surface area contributed by atoms with Gasteiger partial charge in [0.2, 0.25) is 0 Å². The summed E-state index contributed by atoms with van der Waals surface area (Å²) < 4.78 is 19.9. The Morgan fingerprint density at radius 2 is 1.60 bits per heavy atom. The molecular formula is C12H18O8. The van der Waals surface area contributed by atoms with Gasteiger partial charge >= 0.3 is 17.9 Å². The number of hydrogen-bond donors (Lipinski definition) is 1. The first-order valence-electron chi connectivity index (χ1n) is 6.11. The van der Waals surface area contributed by atoms with Gasteiger partial charge in [0.05, 0.1) is 0 Å². The third kappa shape index (κ3) is 5.14. The van der Waals surface area contributed by atoms with Crippen molar-refractivity contribution in [3.05, 3.63) is 0 Å². The molecule has 0 aliphatic carbocycles. The normalized spacial score (nSPS) is 29.4. The summed E-state index contributed by atoms with van der Waals surface area (Å²) in [6.07, 6.45) is -3.84. The van der Waals surface area contributed by atoms with E-state index in [9.17, 15) is 19.5 Å². The van der Waals surface area contributed by atoms with Crippen LogP contribution >= 0.6 is 0 Å². The lowest BCUT2D eigenvalue weighted by Crippen LogP contribution is -2.51. The van der Waals surface area contributed by atoms with Crippen LogP contribution < -0.4 is 0 Å². The third-order valence-corrected chi connectivity index (χ3v) is 2.60. The number of ether oxygens (including phenoxy) is 4. The summed E-state index contributed by atoms with van der Waals surface area (Å²) in [7, 11) is 0. The van der Waals surface area contributed by atoms with E-state index >= 15 is 0 Å². The number of aliphatic hydroxyl groups excluding tert-OH is 1. The highest BCUT2D eigenvalue weighted by molar-refractivity contribution is 5.67. The van der Waals surface area contributed by atoms with Crippen LogP contribution in [0.4, 0.5) is 0 Å². The smallest absolute Gasteiger partial charge is 0.303 e. The second-order valence-electron chi connectivity index (χ2n) is 4.40. The summed E-state index contributed by atoms with van der Waals surface area (Å²) >= 11 is 0. The van der Waals surface area contributed by atoms with E-state index in [1.807, 2.05) is 0 Å². The Morgan fingerprint density at radius 3 is 2.10 bits per heavy atom. The average molecular weight is 290 g/mol. The topological polar surface area (TPSA) is 108 Å². The lowest BCUT2D eigenvalue weighted by molar-refractivity contribution is -0.262. The van der Waals surface area contributed by atoms with E-state index in [1.165, 1.54) is 20.8 Å². The van der Waals surface area contributed by atoms with E-state index < -0.39 is 42.5 Å². The standard InChI is InChI=1S/C12H18O8/c1-6(13)17-5-11-9(18-7(2)14)4-10(12(16)20-11)19-8(3)15/h9-12,16H,4-5H2,1-3H3/t9-,10+,11+,12-/m1/s1. The van der Waals surface area contributed by atoms with E-state index in [-0.39, 0.29) is 13.0 Å². The van der Waals surface area contributed by atoms with Crippen LogP contribution in [0.15, 0.2) is 0 Å². The molecule has 1 saturated heterocycles. The van der Waals surface area contributed by atoms with Crippen LogP contribution in [-0.4, -0.2) is 54.2 Å². The Labute approximate surface area is 115 Å². The summed E-state index contributed by atoms with van der Waals surface area (Å²) in [6.45, 7) is 3.46. The quantitative estimate of drug-likeness (QED) is 0.546. The first kappa shape index (κ1) is 16.4. The van der Waals surface area contributed by atoms with Crippen LogP contribution in [0.25, 0.3) is 0 Å². The minimum atomic E-state index is -1.37. The minimum absolute atomic E-state index is 0.0618. The van der Waals surface area contributed by atoms with E-state index in [2.05, 4.69) is 0 Å². The molecule has 4 atom stereocenters. The maximum atomic E-state index is 11.1. The SMILES string of the molecule is CC(=O)OC[C@@H]1O[C@@H](O)[C@@H](OC(C)=O)C[C@H]1OC(C)=O. The molecule has 1 rings (SSSR count). The number of rotatable bonds is 4. The van der Waals surface area contributed by atoms with Gasteiger partial charge in [0.15, 0.2) is 12.4 Å². The van der Waals surface area contributed by atoms with E-state index in [0.29, 0.717) is 0 Å². The lowest BCUT2D eigenvalue weighted by atomic mass is 10.0. The van der Waals surface area contributed by atoms with Crippen LogP contribution in [0.3, 0.4) is 0 Å². The molecule has 0 unspecified atom stereocenters. The van der Waals surface area contributed by atoms with Gasteiger partial charge in [0.25, 0.3) is 0 Å². The lowest BCUT2D eigenvalue weighted by Gasteiger charge is -2.37. The molecule has 0 aromatic heterocycles. The van der Waals surface area contributed by atoms with Gasteiger partial charge in [-0.25, -0.2) is 0 Å². The Hall–Kier alpha value is -1.67. The molecule has 8 heteroatoms. The minimum Gasteiger partial charge on any atom is -0.463 e. The summed E-state index contributed by atoms with van der Waals surface area (Å²) in [4.78, 5) is 32.8. The fourth-order valence-corrected chi connectivity index (χ4v) is 1.85. The molecule has 114 valence electrons. The fraction of sp³-hybridized carbons (Fsp3) is 0.750. The van der Waals surface area contributed by atoms with Crippen molar-refractivity contribution in [1.82, 2.24) is 0 Å². The summed E-state index contributed by atoms with van der Waals surface area (Å²) in [5.41, 5.74) is 0. The van der Waals surface area contributed by atoms with Crippen molar-refractivity contribution in [1.29, 1.82) is 0 Å². The third-order valence-electron chi connectivity index (χ3n) is 2.60. The molecule has 1 aliphatic rings. The molecule has 0 radical (unpaired) electrons. The molecule has 0 bridgehead atoms. The number of esters is 3. The second-order valence-corrected chi connectivity index (χ2v) is 4.40. The predicted molar refractivity (Wildman–Crippen MR) is 63.2 cm³/mol. The highest BCUT2D eigenvalue weighted by atomic mass is 16.7. The molecule has 1 aliphatic heterocycles. The molecule has 1 fully saturated rings. The maximum absolute atomic E-state index is 11.1. The highest BCUT2D eigenvalue weighted by Crippen LogP contribution is 2.24. The van der Waals surface area contributed by atoms with Crippen LogP contribution in [0, 0.1) is 0 Å². The monoisotopic (exact) mass is 290 g/mol. The van der Waals surface area contributed by atoms with Gasteiger partial charge in [0, 0.05) is 27.2 Å². The molecule has 1 N–H and O–H groups in total. The number of aliphatic hydroxyl groups is 1. The van der Waals surface area contributed by atoms with Gasteiger partial charge < -0.3 is 24.1 Å². The second kappa shape index (κ2) is 7.20. The zero-order valence-corrected chi connectivity index (χ0v) is 11.5. The summed E-state index contributed by atoms with van der Waals surface area (Å²) in [5.74, 6) is -1.66. The molecule has 0 amide bonds. The molecule has 0 aromatic carbocycles. The van der Waals surface area contributed by atoms with Gasteiger partial charge in [-0.05, 0) is 0 Å². The van der Waals surface area contributed by atoms with Crippen molar-refractivity contribution in [2.75, 3.05) is 6.61 Å². The van der Waals surface area contributed by atoms with E-state index in [4.69, 9.17) is 18.9 Å². The molecule has 0 saturated carbocycles. The molecule has 20 heavy (non-hydrogen) atoms.